The lowest BCUT2D eigenvalue weighted by atomic mass is 9.53. The number of ether oxygens (including phenoxy) is 5. The summed E-state index contributed by atoms with van der Waals surface area (Å²) in [6.07, 6.45) is 2.67. The maximum atomic E-state index is 15.0. The van der Waals surface area contributed by atoms with Crippen LogP contribution in [0.2, 0.25) is 0 Å². The predicted octanol–water partition coefficient (Wildman–Crippen LogP) is 6.95. The number of carbonyl (C=O) groups excluding carboxylic acids is 3. The molecule has 6 unspecified atom stereocenters. The van der Waals surface area contributed by atoms with Crippen molar-refractivity contribution in [2.45, 2.75) is 148 Å². The number of benzene rings is 2. The van der Waals surface area contributed by atoms with Crippen LogP contribution in [0.15, 0.2) is 75.9 Å². The molecule has 2 aliphatic carbocycles. The number of Topliss-reactive ketones (excluding diaryl/α,β-unsaturated/α-hetero) is 2. The molecule has 370 valence electrons. The van der Waals surface area contributed by atoms with Gasteiger partial charge in [0.1, 0.15) is 47.3 Å². The van der Waals surface area contributed by atoms with E-state index in [9.17, 15) is 35.1 Å². The van der Waals surface area contributed by atoms with E-state index in [4.69, 9.17) is 28.7 Å². The van der Waals surface area contributed by atoms with Crippen molar-refractivity contribution in [3.8, 4) is 17.2 Å². The molecule has 1 saturated heterocycles. The van der Waals surface area contributed by atoms with Gasteiger partial charge in [-0.3, -0.25) is 14.6 Å². The highest BCUT2D eigenvalue weighted by Crippen LogP contribution is 2.65. The second-order valence-corrected chi connectivity index (χ2v) is 20.7. The van der Waals surface area contributed by atoms with Gasteiger partial charge in [0.25, 0.3) is 0 Å². The van der Waals surface area contributed by atoms with E-state index in [1.54, 1.807) is 19.1 Å². The molecule has 5 N–H and O–H groups in total. The first kappa shape index (κ1) is 50.2. The van der Waals surface area contributed by atoms with Gasteiger partial charge in [-0.15, -0.1) is 0 Å². The number of methoxy groups -OCH3 is 1. The summed E-state index contributed by atoms with van der Waals surface area (Å²) in [6, 6.07) is 7.25. The van der Waals surface area contributed by atoms with Crippen LogP contribution in [0.25, 0.3) is 11.8 Å². The van der Waals surface area contributed by atoms with Gasteiger partial charge in [0.2, 0.25) is 6.29 Å². The third-order valence-electron chi connectivity index (χ3n) is 15.1. The molecule has 0 amide bonds. The summed E-state index contributed by atoms with van der Waals surface area (Å²) in [5.74, 6) is -3.16. The van der Waals surface area contributed by atoms with Gasteiger partial charge in [-0.1, -0.05) is 74.4 Å². The molecule has 69 heavy (non-hydrogen) atoms. The van der Waals surface area contributed by atoms with E-state index in [0.717, 1.165) is 11.1 Å². The number of aliphatic hydroxyl groups is 5. The Morgan fingerprint density at radius 3 is 2.30 bits per heavy atom. The van der Waals surface area contributed by atoms with Gasteiger partial charge in [0, 0.05) is 46.6 Å². The summed E-state index contributed by atoms with van der Waals surface area (Å²) in [6.45, 7) is 16.7. The first-order valence-electron chi connectivity index (χ1n) is 24.2. The molecule has 0 radical (unpaired) electrons. The number of allylic oxidation sites excluding steroid dienone is 4. The van der Waals surface area contributed by atoms with E-state index in [1.807, 2.05) is 85.8 Å². The normalized spacial score (nSPS) is 32.2. The Labute approximate surface area is 404 Å². The SMILES string of the molecule is COC(=O)/C(C)=C\CC1(O)C(=O)CCC(C(C)C)C12Oc1c(CC=C(C)C)c3c(c(O[C@@H]4O[C@H](CO)[C@@H](O)[C@H](O)[C@H]4O)c1C1=C2C(C)C2C(=O)c4ccccc4C2=N1)C=CC(C)(CCC=C(C)C)O3. The van der Waals surface area contributed by atoms with Gasteiger partial charge in [-0.05, 0) is 91.2 Å². The summed E-state index contributed by atoms with van der Waals surface area (Å²) in [5, 5.41) is 57.6. The highest BCUT2D eigenvalue weighted by atomic mass is 16.7. The minimum Gasteiger partial charge on any atom is -0.482 e. The lowest BCUT2D eigenvalue weighted by molar-refractivity contribution is -0.277. The summed E-state index contributed by atoms with van der Waals surface area (Å²) < 4.78 is 32.9. The predicted molar refractivity (Wildman–Crippen MR) is 259 cm³/mol. The van der Waals surface area contributed by atoms with Crippen LogP contribution in [-0.2, 0) is 25.5 Å². The van der Waals surface area contributed by atoms with Crippen molar-refractivity contribution in [1.82, 2.24) is 0 Å². The summed E-state index contributed by atoms with van der Waals surface area (Å²) >= 11 is 0. The average molecular weight is 950 g/mol. The van der Waals surface area contributed by atoms with Crippen LogP contribution in [0.4, 0.5) is 0 Å². The lowest BCUT2D eigenvalue weighted by Gasteiger charge is -2.59. The van der Waals surface area contributed by atoms with Crippen LogP contribution in [-0.4, -0.2) is 110 Å². The molecule has 6 aliphatic rings. The maximum absolute atomic E-state index is 15.0. The van der Waals surface area contributed by atoms with Crippen LogP contribution in [0, 0.1) is 23.7 Å². The Morgan fingerprint density at radius 1 is 0.957 bits per heavy atom. The topological polar surface area (TPSA) is 211 Å². The van der Waals surface area contributed by atoms with Crippen molar-refractivity contribution < 1.29 is 63.6 Å². The second-order valence-electron chi connectivity index (χ2n) is 20.7. The number of hydrogen-bond acceptors (Lipinski definition) is 14. The summed E-state index contributed by atoms with van der Waals surface area (Å²) in [5.41, 5.74) is 0.639. The number of aliphatic hydroxyl groups excluding tert-OH is 4. The van der Waals surface area contributed by atoms with Crippen LogP contribution < -0.4 is 14.2 Å². The van der Waals surface area contributed by atoms with Crippen molar-refractivity contribution in [3.63, 3.8) is 0 Å². The fraction of sp³-hybridized carbons (Fsp3) is 0.527. The standard InChI is InChI=1S/C55H67NO13/c1-27(2)14-13-23-53(9)24-22-35-48(68-53)34(18-17-28(3)4)50-40(49(35)67-52-47(62)46(61)45(60)37(26-57)66-52)43-41(31(8)39-42(56-43)32-15-11-12-16-33(32)44(39)59)55(69-50)36(29(5)6)19-20-38(58)54(55,64)25-21-30(7)51(63)65-10/h11-12,14-17,21-22,24,29,31,36-37,39,45-47,52,57,60-62,64H,13,18-20,23,25-26H2,1-10H3/b30-21-/t31?,36?,37-,39?,45-,46+,47-,52+,53?,54?,55?/m1/s1. The average Bonchev–Trinajstić information content (AvgIpc) is 3.59. The largest absolute Gasteiger partial charge is 0.482 e. The molecule has 1 saturated carbocycles. The highest BCUT2D eigenvalue weighted by Gasteiger charge is 2.70. The minimum atomic E-state index is -2.36. The molecule has 0 bridgehead atoms. The van der Waals surface area contributed by atoms with E-state index in [-0.39, 0.29) is 59.3 Å². The number of carbonyl (C=O) groups is 3. The molecule has 2 aromatic rings. The van der Waals surface area contributed by atoms with Gasteiger partial charge >= 0.3 is 5.97 Å². The lowest BCUT2D eigenvalue weighted by Crippen LogP contribution is -2.72. The molecule has 8 rings (SSSR count). The van der Waals surface area contributed by atoms with E-state index in [0.29, 0.717) is 58.6 Å². The minimum absolute atomic E-state index is 0.0000384. The molecule has 0 aromatic heterocycles. The number of nitrogens with zero attached hydrogens (tertiary/aromatic N) is 1. The van der Waals surface area contributed by atoms with Crippen molar-refractivity contribution in [1.29, 1.82) is 0 Å². The van der Waals surface area contributed by atoms with Gasteiger partial charge in [-0.25, -0.2) is 4.79 Å². The molecule has 14 nitrogen and oxygen atoms in total. The van der Waals surface area contributed by atoms with E-state index < -0.39 is 83.6 Å². The number of fused-ring (bicyclic) bond motifs is 7. The molecule has 4 heterocycles. The van der Waals surface area contributed by atoms with Gasteiger partial charge < -0.3 is 49.2 Å². The Balaban J connectivity index is 1.53. The first-order valence-corrected chi connectivity index (χ1v) is 24.2. The monoisotopic (exact) mass is 949 g/mol. The van der Waals surface area contributed by atoms with Gasteiger partial charge in [0.05, 0.1) is 42.2 Å². The Morgan fingerprint density at radius 2 is 1.65 bits per heavy atom. The Bertz CT molecular complexity index is 2630. The van der Waals surface area contributed by atoms with Crippen LogP contribution in [0.3, 0.4) is 0 Å². The molecule has 2 fully saturated rings. The van der Waals surface area contributed by atoms with Crippen LogP contribution in [0.1, 0.15) is 127 Å². The Kier molecular flexibility index (Phi) is 13.7. The summed E-state index contributed by atoms with van der Waals surface area (Å²) in [4.78, 5) is 48.2. The third-order valence-corrected chi connectivity index (χ3v) is 15.1. The third kappa shape index (κ3) is 8.24. The molecular weight excluding hydrogens is 883 g/mol. The number of esters is 1. The second kappa shape index (κ2) is 18.8. The number of rotatable bonds is 12. The fourth-order valence-corrected chi connectivity index (χ4v) is 11.4. The van der Waals surface area contributed by atoms with E-state index >= 15 is 4.79 Å². The smallest absolute Gasteiger partial charge is 0.333 e. The zero-order chi connectivity index (χ0) is 50.1. The Hall–Kier alpha value is -5.22. The van der Waals surface area contributed by atoms with Gasteiger partial charge in [0.15, 0.2) is 22.8 Å². The quantitative estimate of drug-likeness (QED) is 0.0830. The van der Waals surface area contributed by atoms with Crippen molar-refractivity contribution in [2.75, 3.05) is 13.7 Å². The first-order chi connectivity index (χ1) is 32.6. The van der Waals surface area contributed by atoms with Gasteiger partial charge in [-0.2, -0.15) is 0 Å². The molecular formula is C55H67NO13. The van der Waals surface area contributed by atoms with Crippen molar-refractivity contribution in [3.05, 3.63) is 98.7 Å². The zero-order valence-corrected chi connectivity index (χ0v) is 41.3. The number of hydrogen-bond donors (Lipinski definition) is 5. The summed E-state index contributed by atoms with van der Waals surface area (Å²) in [7, 11) is 1.26. The van der Waals surface area contributed by atoms with E-state index in [1.165, 1.54) is 13.2 Å². The maximum Gasteiger partial charge on any atom is 0.333 e. The van der Waals surface area contributed by atoms with Crippen molar-refractivity contribution in [2.24, 2.45) is 28.7 Å². The van der Waals surface area contributed by atoms with Crippen LogP contribution >= 0.6 is 0 Å². The molecule has 4 aliphatic heterocycles. The number of aliphatic imine (C=N–C) groups is 1. The molecule has 1 spiro atoms. The fourth-order valence-electron chi connectivity index (χ4n) is 11.4. The zero-order valence-electron chi connectivity index (χ0n) is 41.3. The van der Waals surface area contributed by atoms with E-state index in [2.05, 4.69) is 6.08 Å². The molecule has 2 aromatic carbocycles. The molecule has 14 heteroatoms. The van der Waals surface area contributed by atoms with Crippen molar-refractivity contribution >= 4 is 35.0 Å². The number of ketones is 2. The highest BCUT2D eigenvalue weighted by molar-refractivity contribution is 6.30. The van der Waals surface area contributed by atoms with Crippen LogP contribution in [0.5, 0.6) is 17.2 Å². The molecule has 11 atom stereocenters.